The number of hydrogen-bond donors (Lipinski definition) is 1. The van der Waals surface area contributed by atoms with Crippen molar-refractivity contribution in [2.45, 2.75) is 58.5 Å². The fraction of sp³-hybridized carbons (Fsp3) is 0.933. The Morgan fingerprint density at radius 1 is 1.47 bits per heavy atom. The molecule has 1 aliphatic rings. The van der Waals surface area contributed by atoms with Crippen molar-refractivity contribution < 1.29 is 9.53 Å². The van der Waals surface area contributed by atoms with Crippen LogP contribution < -0.4 is 5.73 Å². The summed E-state index contributed by atoms with van der Waals surface area (Å²) in [6.07, 6.45) is 3.92. The standard InChI is InChI=1S/C15H30N2O2/c1-5-12(3)17(8-9-19-4)15(18)14-10-13(16)7-6-11(14)2/h11-14H,5-10,16H2,1-4H3. The third kappa shape index (κ3) is 4.46. The second kappa shape index (κ2) is 7.85. The number of ether oxygens (including phenoxy) is 1. The largest absolute Gasteiger partial charge is 0.383 e. The van der Waals surface area contributed by atoms with E-state index in [0.717, 1.165) is 25.7 Å². The number of hydrogen-bond acceptors (Lipinski definition) is 3. The molecular formula is C15H30N2O2. The number of amides is 1. The third-order valence-electron chi connectivity index (χ3n) is 4.50. The van der Waals surface area contributed by atoms with Gasteiger partial charge in [0.2, 0.25) is 5.91 Å². The van der Waals surface area contributed by atoms with Crippen molar-refractivity contribution in [2.75, 3.05) is 20.3 Å². The van der Waals surface area contributed by atoms with E-state index in [1.807, 2.05) is 4.90 Å². The van der Waals surface area contributed by atoms with Crippen LogP contribution in [-0.4, -0.2) is 43.2 Å². The number of nitrogens with two attached hydrogens (primary N) is 1. The molecule has 4 heteroatoms. The molecule has 4 unspecified atom stereocenters. The quantitative estimate of drug-likeness (QED) is 0.803. The van der Waals surface area contributed by atoms with E-state index in [1.165, 1.54) is 0 Å². The first-order valence-electron chi connectivity index (χ1n) is 7.56. The van der Waals surface area contributed by atoms with Gasteiger partial charge < -0.3 is 15.4 Å². The van der Waals surface area contributed by atoms with E-state index in [2.05, 4.69) is 20.8 Å². The summed E-state index contributed by atoms with van der Waals surface area (Å²) in [5.74, 6) is 0.810. The minimum atomic E-state index is 0.0922. The van der Waals surface area contributed by atoms with Crippen LogP contribution in [0.15, 0.2) is 0 Å². The first-order chi connectivity index (χ1) is 9.01. The maximum Gasteiger partial charge on any atom is 0.226 e. The molecule has 0 saturated heterocycles. The van der Waals surface area contributed by atoms with E-state index >= 15 is 0 Å². The van der Waals surface area contributed by atoms with Crippen LogP contribution in [0.2, 0.25) is 0 Å². The normalized spacial score (nSPS) is 29.0. The first kappa shape index (κ1) is 16.4. The highest BCUT2D eigenvalue weighted by Crippen LogP contribution is 2.31. The van der Waals surface area contributed by atoms with E-state index in [1.54, 1.807) is 7.11 Å². The van der Waals surface area contributed by atoms with Gasteiger partial charge in [-0.05, 0) is 38.5 Å². The molecule has 2 N–H and O–H groups in total. The first-order valence-corrected chi connectivity index (χ1v) is 7.56. The SMILES string of the molecule is CCC(C)N(CCOC)C(=O)C1CC(N)CCC1C. The molecule has 1 amide bonds. The summed E-state index contributed by atoms with van der Waals surface area (Å²) in [5.41, 5.74) is 6.04. The van der Waals surface area contributed by atoms with Crippen molar-refractivity contribution in [3.63, 3.8) is 0 Å². The highest BCUT2D eigenvalue weighted by atomic mass is 16.5. The van der Waals surface area contributed by atoms with Crippen molar-refractivity contribution in [2.24, 2.45) is 17.6 Å². The lowest BCUT2D eigenvalue weighted by molar-refractivity contribution is -0.141. The molecule has 0 heterocycles. The molecule has 0 radical (unpaired) electrons. The summed E-state index contributed by atoms with van der Waals surface area (Å²) >= 11 is 0. The smallest absolute Gasteiger partial charge is 0.226 e. The maximum atomic E-state index is 12.8. The number of carbonyl (C=O) groups is 1. The van der Waals surface area contributed by atoms with Crippen LogP contribution >= 0.6 is 0 Å². The van der Waals surface area contributed by atoms with Crippen LogP contribution in [-0.2, 0) is 9.53 Å². The molecule has 0 aliphatic heterocycles. The Kier molecular flexibility index (Phi) is 6.80. The van der Waals surface area contributed by atoms with Crippen molar-refractivity contribution >= 4 is 5.91 Å². The molecule has 19 heavy (non-hydrogen) atoms. The fourth-order valence-electron chi connectivity index (χ4n) is 2.87. The number of carbonyl (C=O) groups excluding carboxylic acids is 1. The second-order valence-corrected chi connectivity index (χ2v) is 5.94. The second-order valence-electron chi connectivity index (χ2n) is 5.94. The summed E-state index contributed by atoms with van der Waals surface area (Å²) < 4.78 is 5.13. The lowest BCUT2D eigenvalue weighted by Crippen LogP contribution is -2.48. The minimum absolute atomic E-state index is 0.0922. The Bertz CT molecular complexity index is 283. The molecule has 1 aliphatic carbocycles. The maximum absolute atomic E-state index is 12.8. The van der Waals surface area contributed by atoms with Gasteiger partial charge in [0.15, 0.2) is 0 Å². The summed E-state index contributed by atoms with van der Waals surface area (Å²) in [4.78, 5) is 14.8. The average molecular weight is 270 g/mol. The van der Waals surface area contributed by atoms with Crippen LogP contribution in [0.3, 0.4) is 0 Å². The molecule has 1 rings (SSSR count). The third-order valence-corrected chi connectivity index (χ3v) is 4.50. The van der Waals surface area contributed by atoms with Gasteiger partial charge in [0.25, 0.3) is 0 Å². The molecule has 1 saturated carbocycles. The molecule has 0 aromatic rings. The molecule has 4 atom stereocenters. The fourth-order valence-corrected chi connectivity index (χ4v) is 2.87. The van der Waals surface area contributed by atoms with E-state index in [4.69, 9.17) is 10.5 Å². The van der Waals surface area contributed by atoms with Crippen LogP contribution in [0, 0.1) is 11.8 Å². The van der Waals surface area contributed by atoms with Crippen LogP contribution in [0.25, 0.3) is 0 Å². The number of nitrogens with zero attached hydrogens (tertiary/aromatic N) is 1. The van der Waals surface area contributed by atoms with Gasteiger partial charge in [-0.1, -0.05) is 13.8 Å². The molecule has 112 valence electrons. The van der Waals surface area contributed by atoms with E-state index in [9.17, 15) is 4.79 Å². The molecular weight excluding hydrogens is 240 g/mol. The summed E-state index contributed by atoms with van der Waals surface area (Å²) in [6, 6.07) is 0.458. The Morgan fingerprint density at radius 2 is 2.16 bits per heavy atom. The van der Waals surface area contributed by atoms with Crippen molar-refractivity contribution in [3.05, 3.63) is 0 Å². The minimum Gasteiger partial charge on any atom is -0.383 e. The Hall–Kier alpha value is -0.610. The van der Waals surface area contributed by atoms with Crippen LogP contribution in [0.5, 0.6) is 0 Å². The zero-order chi connectivity index (χ0) is 14.4. The Balaban J connectivity index is 2.73. The van der Waals surface area contributed by atoms with E-state index < -0.39 is 0 Å². The van der Waals surface area contributed by atoms with Gasteiger partial charge in [0.05, 0.1) is 6.61 Å². The lowest BCUT2D eigenvalue weighted by Gasteiger charge is -2.37. The molecule has 0 spiro atoms. The molecule has 0 bridgehead atoms. The van der Waals surface area contributed by atoms with Gasteiger partial charge >= 0.3 is 0 Å². The lowest BCUT2D eigenvalue weighted by atomic mass is 9.77. The van der Waals surface area contributed by atoms with Gasteiger partial charge in [-0.2, -0.15) is 0 Å². The van der Waals surface area contributed by atoms with Crippen molar-refractivity contribution in [3.8, 4) is 0 Å². The molecule has 1 fully saturated rings. The van der Waals surface area contributed by atoms with Gasteiger partial charge in [-0.3, -0.25) is 4.79 Å². The van der Waals surface area contributed by atoms with Crippen molar-refractivity contribution in [1.82, 2.24) is 4.90 Å². The highest BCUT2D eigenvalue weighted by Gasteiger charge is 2.34. The van der Waals surface area contributed by atoms with Crippen LogP contribution in [0.1, 0.15) is 46.5 Å². The van der Waals surface area contributed by atoms with Gasteiger partial charge in [0, 0.05) is 31.7 Å². The number of methoxy groups -OCH3 is 1. The predicted octanol–water partition coefficient (Wildman–Crippen LogP) is 2.02. The monoisotopic (exact) mass is 270 g/mol. The Labute approximate surface area is 117 Å². The molecule has 0 aromatic heterocycles. The zero-order valence-electron chi connectivity index (χ0n) is 12.9. The van der Waals surface area contributed by atoms with Gasteiger partial charge in [0.1, 0.15) is 0 Å². The molecule has 4 nitrogen and oxygen atoms in total. The van der Waals surface area contributed by atoms with Crippen LogP contribution in [0.4, 0.5) is 0 Å². The Morgan fingerprint density at radius 3 is 2.74 bits per heavy atom. The topological polar surface area (TPSA) is 55.6 Å². The number of rotatable bonds is 6. The summed E-state index contributed by atoms with van der Waals surface area (Å²) in [6.45, 7) is 7.69. The summed E-state index contributed by atoms with van der Waals surface area (Å²) in [5, 5.41) is 0. The zero-order valence-corrected chi connectivity index (χ0v) is 12.9. The van der Waals surface area contributed by atoms with Gasteiger partial charge in [-0.15, -0.1) is 0 Å². The van der Waals surface area contributed by atoms with E-state index in [-0.39, 0.29) is 23.9 Å². The van der Waals surface area contributed by atoms with Crippen molar-refractivity contribution in [1.29, 1.82) is 0 Å². The summed E-state index contributed by atoms with van der Waals surface area (Å²) in [7, 11) is 1.68. The van der Waals surface area contributed by atoms with E-state index in [0.29, 0.717) is 19.1 Å². The predicted molar refractivity (Wildman–Crippen MR) is 77.8 cm³/mol. The average Bonchev–Trinajstić information content (AvgIpc) is 2.41. The van der Waals surface area contributed by atoms with Gasteiger partial charge in [-0.25, -0.2) is 0 Å². The molecule has 0 aromatic carbocycles. The highest BCUT2D eigenvalue weighted by molar-refractivity contribution is 5.79.